The van der Waals surface area contributed by atoms with Crippen LogP contribution < -0.4 is 9.47 Å². The number of carbonyl (C=O) groups excluding carboxylic acids is 2. The first kappa shape index (κ1) is 17.3. The van der Waals surface area contributed by atoms with Crippen molar-refractivity contribution < 1.29 is 23.8 Å². The summed E-state index contributed by atoms with van der Waals surface area (Å²) < 4.78 is 15.3. The fourth-order valence-corrected chi connectivity index (χ4v) is 3.18. The smallest absolute Gasteiger partial charge is 0.325 e. The zero-order valence-electron chi connectivity index (χ0n) is 12.8. The number of carbonyl (C=O) groups is 2. The molecule has 2 rings (SSSR count). The number of benzene rings is 1. The maximum absolute atomic E-state index is 12.3. The highest BCUT2D eigenvalue weighted by atomic mass is 32.2. The van der Waals surface area contributed by atoms with E-state index in [0.717, 1.165) is 17.3 Å². The monoisotopic (exact) mass is 353 g/mol. The number of ether oxygens (including phenoxy) is 3. The summed E-state index contributed by atoms with van der Waals surface area (Å²) in [4.78, 5) is 25.3. The van der Waals surface area contributed by atoms with E-state index in [0.29, 0.717) is 20.7 Å². The van der Waals surface area contributed by atoms with E-state index in [2.05, 4.69) is 4.74 Å². The van der Waals surface area contributed by atoms with Crippen molar-refractivity contribution in [2.24, 2.45) is 0 Å². The standard InChI is InChI=1S/C15H15NO5S2/c1-19-10-5-4-9(6-11(10)20-2)7-12-14(18)16(15(22)23-12)8-13(17)21-3/h4-7H,8H2,1-3H3/b12-7+. The maximum atomic E-state index is 12.3. The first-order chi connectivity index (χ1) is 11.0. The highest BCUT2D eigenvalue weighted by Crippen LogP contribution is 2.34. The fourth-order valence-electron chi connectivity index (χ4n) is 1.92. The Morgan fingerprint density at radius 1 is 1.26 bits per heavy atom. The number of methoxy groups -OCH3 is 3. The zero-order chi connectivity index (χ0) is 17.0. The number of thioether (sulfide) groups is 1. The van der Waals surface area contributed by atoms with Gasteiger partial charge in [0.25, 0.3) is 5.91 Å². The van der Waals surface area contributed by atoms with Crippen molar-refractivity contribution in [3.8, 4) is 11.5 Å². The van der Waals surface area contributed by atoms with E-state index in [4.69, 9.17) is 21.7 Å². The Balaban J connectivity index is 2.25. The molecule has 1 amide bonds. The van der Waals surface area contributed by atoms with E-state index >= 15 is 0 Å². The van der Waals surface area contributed by atoms with Gasteiger partial charge >= 0.3 is 5.97 Å². The van der Waals surface area contributed by atoms with Gasteiger partial charge < -0.3 is 14.2 Å². The molecule has 1 fully saturated rings. The molecule has 1 aliphatic rings. The first-order valence-electron chi connectivity index (χ1n) is 6.54. The quantitative estimate of drug-likeness (QED) is 0.456. The van der Waals surface area contributed by atoms with Crippen molar-refractivity contribution in [3.05, 3.63) is 28.7 Å². The molecule has 0 atom stereocenters. The summed E-state index contributed by atoms with van der Waals surface area (Å²) in [6.45, 7) is -0.190. The van der Waals surface area contributed by atoms with Crippen molar-refractivity contribution in [3.63, 3.8) is 0 Å². The Bertz CT molecular complexity index is 686. The summed E-state index contributed by atoms with van der Waals surface area (Å²) >= 11 is 6.28. The lowest BCUT2D eigenvalue weighted by Crippen LogP contribution is -2.33. The van der Waals surface area contributed by atoms with Gasteiger partial charge in [0, 0.05) is 0 Å². The Labute approximate surface area is 143 Å². The molecule has 23 heavy (non-hydrogen) atoms. The van der Waals surface area contributed by atoms with Gasteiger partial charge in [-0.25, -0.2) is 0 Å². The number of hydrogen-bond acceptors (Lipinski definition) is 7. The lowest BCUT2D eigenvalue weighted by Gasteiger charge is -2.12. The zero-order valence-corrected chi connectivity index (χ0v) is 14.5. The molecule has 6 nitrogen and oxygen atoms in total. The van der Waals surface area contributed by atoms with Crippen LogP contribution in [-0.2, 0) is 14.3 Å². The molecule has 1 saturated heterocycles. The van der Waals surface area contributed by atoms with Gasteiger partial charge in [0.2, 0.25) is 0 Å². The van der Waals surface area contributed by atoms with Crippen LogP contribution in [0.2, 0.25) is 0 Å². The van der Waals surface area contributed by atoms with Crippen molar-refractivity contribution in [1.82, 2.24) is 4.90 Å². The predicted molar refractivity (Wildman–Crippen MR) is 91.4 cm³/mol. The third-order valence-corrected chi connectivity index (χ3v) is 4.47. The third kappa shape index (κ3) is 3.83. The van der Waals surface area contributed by atoms with Crippen LogP contribution in [0.1, 0.15) is 5.56 Å². The van der Waals surface area contributed by atoms with Crippen molar-refractivity contribution in [2.45, 2.75) is 0 Å². The van der Waals surface area contributed by atoms with Crippen molar-refractivity contribution >= 4 is 46.3 Å². The van der Waals surface area contributed by atoms with Gasteiger partial charge in [-0.05, 0) is 23.8 Å². The molecule has 8 heteroatoms. The van der Waals surface area contributed by atoms with Crippen LogP contribution in [-0.4, -0.2) is 49.0 Å². The van der Waals surface area contributed by atoms with Crippen molar-refractivity contribution in [1.29, 1.82) is 0 Å². The molecular weight excluding hydrogens is 338 g/mol. The number of amides is 1. The second kappa shape index (κ2) is 7.47. The van der Waals surface area contributed by atoms with Crippen LogP contribution in [0.3, 0.4) is 0 Å². The molecule has 0 unspecified atom stereocenters. The van der Waals surface area contributed by atoms with Crippen LogP contribution >= 0.6 is 24.0 Å². The van der Waals surface area contributed by atoms with Gasteiger partial charge in [0.15, 0.2) is 11.5 Å². The minimum atomic E-state index is -0.520. The average Bonchev–Trinajstić information content (AvgIpc) is 2.82. The molecule has 1 aliphatic heterocycles. The van der Waals surface area contributed by atoms with Crippen LogP contribution in [0.15, 0.2) is 23.1 Å². The number of hydrogen-bond donors (Lipinski definition) is 0. The molecule has 1 aromatic rings. The van der Waals surface area contributed by atoms with Gasteiger partial charge in [0.05, 0.1) is 26.2 Å². The third-order valence-electron chi connectivity index (χ3n) is 3.09. The highest BCUT2D eigenvalue weighted by Gasteiger charge is 2.33. The van der Waals surface area contributed by atoms with Crippen LogP contribution in [0.4, 0.5) is 0 Å². The molecule has 0 N–H and O–H groups in total. The molecular formula is C15H15NO5S2. The van der Waals surface area contributed by atoms with Crippen LogP contribution in [0.25, 0.3) is 6.08 Å². The molecule has 0 radical (unpaired) electrons. The number of thiocarbonyl (C=S) groups is 1. The molecule has 0 bridgehead atoms. The van der Waals surface area contributed by atoms with E-state index in [1.807, 2.05) is 0 Å². The average molecular weight is 353 g/mol. The molecule has 0 saturated carbocycles. The van der Waals surface area contributed by atoms with E-state index < -0.39 is 5.97 Å². The second-order valence-corrected chi connectivity index (χ2v) is 6.13. The van der Waals surface area contributed by atoms with Gasteiger partial charge in [-0.2, -0.15) is 0 Å². The fraction of sp³-hybridized carbons (Fsp3) is 0.267. The van der Waals surface area contributed by atoms with Crippen molar-refractivity contribution in [2.75, 3.05) is 27.9 Å². The topological polar surface area (TPSA) is 65.1 Å². The molecule has 0 aromatic heterocycles. The Kier molecular flexibility index (Phi) is 5.62. The summed E-state index contributed by atoms with van der Waals surface area (Å²) in [6, 6.07) is 5.31. The van der Waals surface area contributed by atoms with Crippen LogP contribution in [0, 0.1) is 0 Å². The summed E-state index contributed by atoms with van der Waals surface area (Å²) in [5, 5.41) is 0. The maximum Gasteiger partial charge on any atom is 0.325 e. The van der Waals surface area contributed by atoms with Gasteiger partial charge in [0.1, 0.15) is 10.9 Å². The van der Waals surface area contributed by atoms with E-state index in [-0.39, 0.29) is 12.5 Å². The minimum absolute atomic E-state index is 0.190. The Morgan fingerprint density at radius 3 is 2.57 bits per heavy atom. The van der Waals surface area contributed by atoms with Gasteiger partial charge in [-0.15, -0.1) is 0 Å². The summed E-state index contributed by atoms with van der Waals surface area (Å²) in [6.07, 6.45) is 1.69. The Hall–Kier alpha value is -2.06. The first-order valence-corrected chi connectivity index (χ1v) is 7.76. The van der Waals surface area contributed by atoms with E-state index in [1.165, 1.54) is 19.1 Å². The number of nitrogens with zero attached hydrogens (tertiary/aromatic N) is 1. The number of esters is 1. The summed E-state index contributed by atoms with van der Waals surface area (Å²) in [7, 11) is 4.35. The number of rotatable bonds is 5. The molecule has 1 aromatic carbocycles. The van der Waals surface area contributed by atoms with Gasteiger partial charge in [-0.1, -0.05) is 30.0 Å². The predicted octanol–water partition coefficient (Wildman–Crippen LogP) is 2.08. The lowest BCUT2D eigenvalue weighted by atomic mass is 10.2. The summed E-state index contributed by atoms with van der Waals surface area (Å²) in [5.74, 6) is 0.322. The SMILES string of the molecule is COC(=O)CN1C(=O)/C(=C\c2ccc(OC)c(OC)c2)SC1=S. The normalized spacial score (nSPS) is 16.0. The molecule has 122 valence electrons. The molecule has 0 spiro atoms. The second-order valence-electron chi connectivity index (χ2n) is 4.46. The Morgan fingerprint density at radius 2 is 1.96 bits per heavy atom. The largest absolute Gasteiger partial charge is 0.493 e. The minimum Gasteiger partial charge on any atom is -0.493 e. The van der Waals surface area contributed by atoms with E-state index in [9.17, 15) is 9.59 Å². The summed E-state index contributed by atoms with van der Waals surface area (Å²) in [5.41, 5.74) is 0.765. The molecule has 1 heterocycles. The van der Waals surface area contributed by atoms with Gasteiger partial charge in [-0.3, -0.25) is 14.5 Å². The van der Waals surface area contributed by atoms with Crippen LogP contribution in [0.5, 0.6) is 11.5 Å². The van der Waals surface area contributed by atoms with E-state index in [1.54, 1.807) is 31.4 Å². The highest BCUT2D eigenvalue weighted by molar-refractivity contribution is 8.26. The molecule has 0 aliphatic carbocycles. The lowest BCUT2D eigenvalue weighted by molar-refractivity contribution is -0.143.